The highest BCUT2D eigenvalue weighted by Crippen LogP contribution is 2.28. The number of pyridine rings is 1. The van der Waals surface area contributed by atoms with Crippen molar-refractivity contribution >= 4 is 11.6 Å². The van der Waals surface area contributed by atoms with Crippen molar-refractivity contribution in [3.63, 3.8) is 0 Å². The number of nitrogens with zero attached hydrogens (tertiary/aromatic N) is 4. The Morgan fingerprint density at radius 3 is 2.66 bits per heavy atom. The fraction of sp³-hybridized carbons (Fsp3) is 0.464. The van der Waals surface area contributed by atoms with Crippen molar-refractivity contribution in [2.24, 2.45) is 0 Å². The summed E-state index contributed by atoms with van der Waals surface area (Å²) in [5.74, 6) is -1.64. The fourth-order valence-electron chi connectivity index (χ4n) is 4.92. The van der Waals surface area contributed by atoms with Gasteiger partial charge >= 0.3 is 0 Å². The Bertz CT molecular complexity index is 1320. The molecule has 1 aromatic carbocycles. The largest absolute Gasteiger partial charge is 0.378 e. The van der Waals surface area contributed by atoms with Crippen LogP contribution in [-0.4, -0.2) is 70.0 Å². The zero-order valence-electron chi connectivity index (χ0n) is 22.2. The molecule has 202 valence electrons. The molecule has 3 aromatic rings. The van der Waals surface area contributed by atoms with Crippen molar-refractivity contribution in [1.29, 1.82) is 0 Å². The number of halogens is 2. The van der Waals surface area contributed by atoms with Gasteiger partial charge in [0.05, 0.1) is 41.5 Å². The lowest BCUT2D eigenvalue weighted by Crippen LogP contribution is -2.52. The molecule has 2 aliphatic rings. The van der Waals surface area contributed by atoms with Crippen molar-refractivity contribution in [2.45, 2.75) is 64.3 Å². The maximum atomic E-state index is 14.8. The number of nitrogens with one attached hydrogen (secondary N) is 2. The molecular weight excluding hydrogens is 490 g/mol. The van der Waals surface area contributed by atoms with Crippen LogP contribution in [-0.2, 0) is 4.74 Å². The second kappa shape index (κ2) is 10.8. The molecule has 1 saturated heterocycles. The number of anilines is 1. The van der Waals surface area contributed by atoms with Crippen LogP contribution in [0.5, 0.6) is 0 Å². The predicted molar refractivity (Wildman–Crippen MR) is 141 cm³/mol. The number of hydrogen-bond donors (Lipinski definition) is 2. The number of benzene rings is 1. The number of methoxy groups -OCH3 is 1. The summed E-state index contributed by atoms with van der Waals surface area (Å²) in [6, 6.07) is 5.15. The minimum atomic E-state index is -0.617. The summed E-state index contributed by atoms with van der Waals surface area (Å²) in [7, 11) is 1.71. The summed E-state index contributed by atoms with van der Waals surface area (Å²) in [6.45, 7) is 7.85. The van der Waals surface area contributed by atoms with Crippen LogP contribution in [0, 0.1) is 18.7 Å². The molecule has 2 aromatic heterocycles. The van der Waals surface area contributed by atoms with E-state index in [0.717, 1.165) is 32.4 Å². The number of carbonyl (C=O) groups excluding carboxylic acids is 1. The fourth-order valence-corrected chi connectivity index (χ4v) is 4.92. The Kier molecular flexibility index (Phi) is 7.45. The van der Waals surface area contributed by atoms with E-state index < -0.39 is 17.7 Å². The van der Waals surface area contributed by atoms with Crippen molar-refractivity contribution < 1.29 is 18.3 Å². The van der Waals surface area contributed by atoms with Crippen LogP contribution < -0.4 is 10.6 Å². The van der Waals surface area contributed by atoms with Crippen LogP contribution >= 0.6 is 0 Å². The van der Waals surface area contributed by atoms with Gasteiger partial charge in [-0.15, -0.1) is 0 Å². The first-order valence-electron chi connectivity index (χ1n) is 13.1. The van der Waals surface area contributed by atoms with Gasteiger partial charge in [0.25, 0.3) is 5.91 Å². The van der Waals surface area contributed by atoms with E-state index in [-0.39, 0.29) is 23.8 Å². The van der Waals surface area contributed by atoms with Gasteiger partial charge in [-0.2, -0.15) is 9.49 Å². The molecule has 1 amide bonds. The Balaban J connectivity index is 1.37. The number of hydrogen-bond acceptors (Lipinski definition) is 6. The van der Waals surface area contributed by atoms with Gasteiger partial charge in [0.2, 0.25) is 5.95 Å². The molecule has 38 heavy (non-hydrogen) atoms. The number of carbonyl (C=O) groups is 1. The summed E-state index contributed by atoms with van der Waals surface area (Å²) in [5, 5.41) is 10.7. The van der Waals surface area contributed by atoms with E-state index in [9.17, 15) is 13.6 Å². The molecule has 8 nitrogen and oxygen atoms in total. The second-order valence-electron chi connectivity index (χ2n) is 10.5. The van der Waals surface area contributed by atoms with E-state index in [4.69, 9.17) is 4.74 Å². The molecule has 0 radical (unpaired) electrons. The summed E-state index contributed by atoms with van der Waals surface area (Å²) < 4.78 is 36.7. The first-order valence-corrected chi connectivity index (χ1v) is 13.1. The molecule has 1 saturated carbocycles. The number of aryl methyl sites for hydroxylation is 1. The molecule has 2 N–H and O–H groups in total. The number of piperidine rings is 1. The predicted octanol–water partition coefficient (Wildman–Crippen LogP) is 4.32. The molecule has 5 rings (SSSR count). The summed E-state index contributed by atoms with van der Waals surface area (Å²) in [5.41, 5.74) is 2.61. The molecular formula is C28H34F2N6O2. The molecule has 3 heterocycles. The number of ether oxygens (including phenoxy) is 1. The summed E-state index contributed by atoms with van der Waals surface area (Å²) >= 11 is 0. The van der Waals surface area contributed by atoms with Gasteiger partial charge < -0.3 is 15.4 Å². The smallest absolute Gasteiger partial charge is 0.254 e. The molecule has 10 heteroatoms. The van der Waals surface area contributed by atoms with Crippen LogP contribution in [0.15, 0.2) is 36.8 Å². The Labute approximate surface area is 221 Å². The van der Waals surface area contributed by atoms with Crippen molar-refractivity contribution in [1.82, 2.24) is 25.0 Å². The zero-order valence-corrected chi connectivity index (χ0v) is 22.2. The lowest BCUT2D eigenvalue weighted by molar-refractivity contribution is 0.0116. The highest BCUT2D eigenvalue weighted by Gasteiger charge is 2.30. The van der Waals surface area contributed by atoms with E-state index in [1.165, 1.54) is 29.2 Å². The SMILES string of the molecule is COC1CN(C(C)C)CCC1Nc1cnc(F)c(-c2cnn(-c3cc(C(=O)NC4CC4)c(F)cc3C)c2)c1. The minimum absolute atomic E-state index is 0.00448. The van der Waals surface area contributed by atoms with Crippen LogP contribution in [0.3, 0.4) is 0 Å². The number of rotatable bonds is 8. The number of amides is 1. The standard InChI is InChI=1S/C28H34F2N6O2/c1-16(2)35-8-7-24(26(15-35)38-4)33-20-10-21(27(30)31-13-20)18-12-32-36(14-18)25-11-22(23(29)9-17(25)3)28(37)34-19-5-6-19/h9-14,16,19,24,26,33H,5-8,15H2,1-4H3,(H,34,37). The minimum Gasteiger partial charge on any atom is -0.378 e. The quantitative estimate of drug-likeness (QED) is 0.427. The van der Waals surface area contributed by atoms with Gasteiger partial charge in [-0.1, -0.05) is 0 Å². The number of aromatic nitrogens is 3. The lowest BCUT2D eigenvalue weighted by Gasteiger charge is -2.40. The maximum Gasteiger partial charge on any atom is 0.254 e. The van der Waals surface area contributed by atoms with E-state index in [1.54, 1.807) is 26.3 Å². The van der Waals surface area contributed by atoms with Gasteiger partial charge in [0.15, 0.2) is 0 Å². The molecule has 0 bridgehead atoms. The molecule has 2 fully saturated rings. The Hall–Kier alpha value is -3.37. The van der Waals surface area contributed by atoms with Crippen molar-refractivity contribution in [3.8, 4) is 16.8 Å². The molecule has 1 aliphatic carbocycles. The lowest BCUT2D eigenvalue weighted by atomic mass is 10.00. The molecule has 2 atom stereocenters. The van der Waals surface area contributed by atoms with E-state index in [0.29, 0.717) is 34.1 Å². The first-order chi connectivity index (χ1) is 18.2. The van der Waals surface area contributed by atoms with Crippen molar-refractivity contribution in [2.75, 3.05) is 25.5 Å². The third-order valence-electron chi connectivity index (χ3n) is 7.40. The van der Waals surface area contributed by atoms with Crippen molar-refractivity contribution in [3.05, 3.63) is 59.7 Å². The average molecular weight is 525 g/mol. The summed E-state index contributed by atoms with van der Waals surface area (Å²) in [6.07, 6.45) is 7.38. The Morgan fingerprint density at radius 1 is 1.16 bits per heavy atom. The van der Waals surface area contributed by atoms with Gasteiger partial charge in [0.1, 0.15) is 5.82 Å². The molecule has 1 aliphatic heterocycles. The topological polar surface area (TPSA) is 84.3 Å². The van der Waals surface area contributed by atoms with Gasteiger partial charge in [-0.25, -0.2) is 14.1 Å². The van der Waals surface area contributed by atoms with E-state index >= 15 is 0 Å². The molecule has 2 unspecified atom stereocenters. The van der Waals surface area contributed by atoms with E-state index in [2.05, 4.69) is 39.5 Å². The third-order valence-corrected chi connectivity index (χ3v) is 7.40. The number of likely N-dealkylation sites (tertiary alicyclic amines) is 1. The van der Waals surface area contributed by atoms with E-state index in [1.807, 2.05) is 0 Å². The van der Waals surface area contributed by atoms with Gasteiger partial charge in [-0.05, 0) is 63.8 Å². The Morgan fingerprint density at radius 2 is 1.95 bits per heavy atom. The highest BCUT2D eigenvalue weighted by atomic mass is 19.1. The first kappa shape index (κ1) is 26.2. The monoisotopic (exact) mass is 524 g/mol. The van der Waals surface area contributed by atoms with Crippen LogP contribution in [0.4, 0.5) is 14.5 Å². The van der Waals surface area contributed by atoms with Gasteiger partial charge in [0, 0.05) is 49.6 Å². The zero-order chi connectivity index (χ0) is 27.0. The van der Waals surface area contributed by atoms with Crippen LogP contribution in [0.1, 0.15) is 49.0 Å². The van der Waals surface area contributed by atoms with Crippen LogP contribution in [0.25, 0.3) is 16.8 Å². The highest BCUT2D eigenvalue weighted by molar-refractivity contribution is 5.95. The van der Waals surface area contributed by atoms with Gasteiger partial charge in [-0.3, -0.25) is 9.69 Å². The average Bonchev–Trinajstić information content (AvgIpc) is 3.57. The maximum absolute atomic E-state index is 14.8. The molecule has 0 spiro atoms. The summed E-state index contributed by atoms with van der Waals surface area (Å²) in [4.78, 5) is 18.9. The van der Waals surface area contributed by atoms with Crippen LogP contribution in [0.2, 0.25) is 0 Å². The second-order valence-corrected chi connectivity index (χ2v) is 10.5. The third kappa shape index (κ3) is 5.56. The normalized spacial score (nSPS) is 20.1.